The summed E-state index contributed by atoms with van der Waals surface area (Å²) >= 11 is 0. The number of rotatable bonds is 7. The first-order chi connectivity index (χ1) is 16.5. The van der Waals surface area contributed by atoms with Crippen LogP contribution in [-0.4, -0.2) is 37.9 Å². The van der Waals surface area contributed by atoms with Crippen LogP contribution in [-0.2, 0) is 24.3 Å². The number of hydrogen-bond donors (Lipinski definition) is 1. The number of benzene rings is 2. The molecule has 0 radical (unpaired) electrons. The molecule has 1 N–H and O–H groups in total. The van der Waals surface area contributed by atoms with Crippen molar-refractivity contribution in [3.63, 3.8) is 0 Å². The van der Waals surface area contributed by atoms with Gasteiger partial charge < -0.3 is 14.8 Å². The first kappa shape index (κ1) is 21.7. The van der Waals surface area contributed by atoms with Crippen LogP contribution in [0.4, 0.5) is 0 Å². The average Bonchev–Trinajstić information content (AvgIpc) is 3.43. The van der Waals surface area contributed by atoms with Crippen molar-refractivity contribution in [2.75, 3.05) is 6.61 Å². The second kappa shape index (κ2) is 9.01. The molecule has 9 nitrogen and oxygen atoms in total. The van der Waals surface area contributed by atoms with Gasteiger partial charge in [0.15, 0.2) is 5.65 Å². The molecule has 2 aromatic heterocycles. The summed E-state index contributed by atoms with van der Waals surface area (Å²) in [5, 5.41) is 7.52. The third-order valence-corrected chi connectivity index (χ3v) is 5.72. The van der Waals surface area contributed by atoms with E-state index in [4.69, 9.17) is 9.47 Å². The fraction of sp³-hybridized carbons (Fsp3) is 0.280. The van der Waals surface area contributed by atoms with Crippen molar-refractivity contribution >= 4 is 16.9 Å². The fourth-order valence-corrected chi connectivity index (χ4v) is 4.13. The largest absolute Gasteiger partial charge is 0.494 e. The number of carbonyl (C=O) groups is 1. The minimum absolute atomic E-state index is 0.120. The zero-order chi connectivity index (χ0) is 23.7. The van der Waals surface area contributed by atoms with Crippen molar-refractivity contribution in [1.82, 2.24) is 24.6 Å². The zero-order valence-corrected chi connectivity index (χ0v) is 19.0. The Hall–Kier alpha value is -4.14. The number of fused-ring (bicyclic) bond motifs is 2. The van der Waals surface area contributed by atoms with E-state index in [2.05, 4.69) is 15.4 Å². The summed E-state index contributed by atoms with van der Waals surface area (Å²) < 4.78 is 14.5. The molecule has 0 saturated heterocycles. The Labute approximate surface area is 195 Å². The highest BCUT2D eigenvalue weighted by molar-refractivity contribution is 5.78. The highest BCUT2D eigenvalue weighted by atomic mass is 16.5. The molecular formula is C25H25N5O4. The van der Waals surface area contributed by atoms with Gasteiger partial charge in [-0.2, -0.15) is 5.10 Å². The molecule has 3 heterocycles. The number of ether oxygens (including phenoxy) is 2. The molecule has 0 fully saturated rings. The Bertz CT molecular complexity index is 1410. The summed E-state index contributed by atoms with van der Waals surface area (Å²) in [5.74, 6) is 1.24. The maximum Gasteiger partial charge on any atom is 0.264 e. The number of carbonyl (C=O) groups excluding carboxylic acids is 1. The predicted molar refractivity (Wildman–Crippen MR) is 126 cm³/mol. The minimum atomic E-state index is -0.322. The SMILES string of the molecule is CCOc1cc2c(cc1CNC(=O)Cn1cnc3c(cnn3-c3ccccc3)c1=O)O[C@H](C)C2. The molecule has 5 rings (SSSR count). The quantitative estimate of drug-likeness (QED) is 0.456. The molecule has 1 amide bonds. The summed E-state index contributed by atoms with van der Waals surface area (Å²) in [6.45, 7) is 4.57. The lowest BCUT2D eigenvalue weighted by molar-refractivity contribution is -0.121. The zero-order valence-electron chi connectivity index (χ0n) is 19.0. The van der Waals surface area contributed by atoms with E-state index in [0.29, 0.717) is 17.6 Å². The van der Waals surface area contributed by atoms with Gasteiger partial charge in [0.25, 0.3) is 5.56 Å². The van der Waals surface area contributed by atoms with Gasteiger partial charge in [-0.05, 0) is 38.1 Å². The van der Waals surface area contributed by atoms with Crippen molar-refractivity contribution in [2.24, 2.45) is 0 Å². The van der Waals surface area contributed by atoms with Crippen LogP contribution in [0.25, 0.3) is 16.7 Å². The lowest BCUT2D eigenvalue weighted by atomic mass is 10.1. The Morgan fingerprint density at radius 3 is 2.88 bits per heavy atom. The molecule has 0 unspecified atom stereocenters. The van der Waals surface area contributed by atoms with Crippen molar-refractivity contribution < 1.29 is 14.3 Å². The van der Waals surface area contributed by atoms with Crippen LogP contribution >= 0.6 is 0 Å². The Balaban J connectivity index is 1.32. The maximum atomic E-state index is 12.9. The molecule has 174 valence electrons. The van der Waals surface area contributed by atoms with Crippen LogP contribution < -0.4 is 20.3 Å². The van der Waals surface area contributed by atoms with Crippen LogP contribution in [0.15, 0.2) is 59.8 Å². The van der Waals surface area contributed by atoms with Crippen molar-refractivity contribution in [3.8, 4) is 17.2 Å². The summed E-state index contributed by atoms with van der Waals surface area (Å²) in [5.41, 5.74) is 2.86. The average molecular weight is 460 g/mol. The smallest absolute Gasteiger partial charge is 0.264 e. The third-order valence-electron chi connectivity index (χ3n) is 5.72. The summed E-state index contributed by atoms with van der Waals surface area (Å²) in [6, 6.07) is 13.3. The van der Waals surface area contributed by atoms with Gasteiger partial charge in [-0.15, -0.1) is 0 Å². The molecular weight excluding hydrogens is 434 g/mol. The summed E-state index contributed by atoms with van der Waals surface area (Å²) in [7, 11) is 0. The van der Waals surface area contributed by atoms with Crippen LogP contribution in [0.5, 0.6) is 11.5 Å². The van der Waals surface area contributed by atoms with Gasteiger partial charge in [0, 0.05) is 24.1 Å². The monoisotopic (exact) mass is 459 g/mol. The molecule has 1 aliphatic heterocycles. The lowest BCUT2D eigenvalue weighted by Gasteiger charge is -2.13. The van der Waals surface area contributed by atoms with E-state index in [1.165, 1.54) is 17.1 Å². The van der Waals surface area contributed by atoms with Crippen molar-refractivity contribution in [1.29, 1.82) is 0 Å². The molecule has 0 saturated carbocycles. The normalized spacial score (nSPS) is 14.6. The second-order valence-electron chi connectivity index (χ2n) is 8.22. The highest BCUT2D eigenvalue weighted by Gasteiger charge is 2.22. The fourth-order valence-electron chi connectivity index (χ4n) is 4.13. The van der Waals surface area contributed by atoms with E-state index in [1.54, 1.807) is 4.68 Å². The van der Waals surface area contributed by atoms with Crippen LogP contribution in [0.3, 0.4) is 0 Å². The Kier molecular flexibility index (Phi) is 5.75. The molecule has 1 atom stereocenters. The topological polar surface area (TPSA) is 100 Å². The summed E-state index contributed by atoms with van der Waals surface area (Å²) in [4.78, 5) is 30.0. The Morgan fingerprint density at radius 1 is 1.26 bits per heavy atom. The van der Waals surface area contributed by atoms with E-state index in [0.717, 1.165) is 34.7 Å². The maximum absolute atomic E-state index is 12.9. The number of hydrogen-bond acceptors (Lipinski definition) is 6. The predicted octanol–water partition coefficient (Wildman–Crippen LogP) is 2.62. The minimum Gasteiger partial charge on any atom is -0.494 e. The first-order valence-corrected chi connectivity index (χ1v) is 11.2. The van der Waals surface area contributed by atoms with E-state index in [1.807, 2.05) is 56.3 Å². The van der Waals surface area contributed by atoms with E-state index in [9.17, 15) is 9.59 Å². The van der Waals surface area contributed by atoms with Gasteiger partial charge >= 0.3 is 0 Å². The lowest BCUT2D eigenvalue weighted by Crippen LogP contribution is -2.32. The molecule has 0 bridgehead atoms. The third kappa shape index (κ3) is 4.12. The van der Waals surface area contributed by atoms with Gasteiger partial charge in [0.05, 0.1) is 18.5 Å². The number of para-hydroxylation sites is 1. The molecule has 1 aliphatic rings. The molecule has 0 spiro atoms. The second-order valence-corrected chi connectivity index (χ2v) is 8.22. The molecule has 34 heavy (non-hydrogen) atoms. The number of nitrogens with zero attached hydrogens (tertiary/aromatic N) is 4. The van der Waals surface area contributed by atoms with E-state index in [-0.39, 0.29) is 30.7 Å². The molecule has 9 heteroatoms. The number of aromatic nitrogens is 4. The van der Waals surface area contributed by atoms with E-state index < -0.39 is 0 Å². The summed E-state index contributed by atoms with van der Waals surface area (Å²) in [6.07, 6.45) is 3.81. The van der Waals surface area contributed by atoms with Gasteiger partial charge in [-0.3, -0.25) is 14.2 Å². The van der Waals surface area contributed by atoms with Gasteiger partial charge in [0.1, 0.15) is 35.9 Å². The Morgan fingerprint density at radius 2 is 2.09 bits per heavy atom. The van der Waals surface area contributed by atoms with Gasteiger partial charge in [0.2, 0.25) is 5.91 Å². The highest BCUT2D eigenvalue weighted by Crippen LogP contribution is 2.35. The van der Waals surface area contributed by atoms with Gasteiger partial charge in [-0.25, -0.2) is 9.67 Å². The van der Waals surface area contributed by atoms with Crippen LogP contribution in [0.1, 0.15) is 25.0 Å². The van der Waals surface area contributed by atoms with Gasteiger partial charge in [-0.1, -0.05) is 18.2 Å². The first-order valence-electron chi connectivity index (χ1n) is 11.2. The molecule has 4 aromatic rings. The standard InChI is InChI=1S/C25H25N5O4/c1-3-33-21-10-17-9-16(2)34-22(17)11-18(21)12-26-23(31)14-29-15-27-24-20(25(29)32)13-28-30(24)19-7-5-4-6-8-19/h4-8,10-11,13,15-16H,3,9,12,14H2,1-2H3,(H,26,31)/t16-/m1/s1. The van der Waals surface area contributed by atoms with E-state index >= 15 is 0 Å². The van der Waals surface area contributed by atoms with Crippen LogP contribution in [0.2, 0.25) is 0 Å². The number of amides is 1. The van der Waals surface area contributed by atoms with Crippen molar-refractivity contribution in [3.05, 3.63) is 76.5 Å². The van der Waals surface area contributed by atoms with Crippen molar-refractivity contribution in [2.45, 2.75) is 39.5 Å². The molecule has 2 aromatic carbocycles. The number of nitrogens with one attached hydrogen (secondary N) is 1. The van der Waals surface area contributed by atoms with Crippen LogP contribution in [0, 0.1) is 0 Å². The molecule has 0 aliphatic carbocycles.